The molecule has 0 atom stereocenters. The molecule has 0 saturated heterocycles. The van der Waals surface area contributed by atoms with E-state index in [0.29, 0.717) is 22.2 Å². The summed E-state index contributed by atoms with van der Waals surface area (Å²) >= 11 is 1.30. The van der Waals surface area contributed by atoms with Gasteiger partial charge in [0.25, 0.3) is 0 Å². The molecule has 164 valence electrons. The number of amides is 1. The van der Waals surface area contributed by atoms with Gasteiger partial charge in [0.2, 0.25) is 5.91 Å². The van der Waals surface area contributed by atoms with Gasteiger partial charge in [-0.05, 0) is 67.6 Å². The van der Waals surface area contributed by atoms with Crippen molar-refractivity contribution >= 4 is 23.4 Å². The average molecular weight is 456 g/mol. The van der Waals surface area contributed by atoms with Crippen molar-refractivity contribution in [1.82, 2.24) is 14.8 Å². The highest BCUT2D eigenvalue weighted by atomic mass is 32.2. The van der Waals surface area contributed by atoms with Gasteiger partial charge in [-0.3, -0.25) is 9.36 Å². The van der Waals surface area contributed by atoms with E-state index in [1.807, 2.05) is 60.0 Å². The Morgan fingerprint density at radius 1 is 1.03 bits per heavy atom. The van der Waals surface area contributed by atoms with Crippen molar-refractivity contribution in [2.75, 3.05) is 18.2 Å². The molecule has 0 fully saturated rings. The Kier molecular flexibility index (Phi) is 6.72. The number of nitrogens with zero attached hydrogens (tertiary/aromatic N) is 4. The van der Waals surface area contributed by atoms with Gasteiger partial charge in [-0.1, -0.05) is 29.5 Å². The van der Waals surface area contributed by atoms with Gasteiger partial charge in [-0.15, -0.1) is 10.2 Å². The molecule has 1 aromatic heterocycles. The minimum absolute atomic E-state index is 0.159. The number of carbonyl (C=O) groups excluding carboxylic acids is 1. The van der Waals surface area contributed by atoms with Crippen molar-refractivity contribution in [2.45, 2.75) is 12.1 Å². The molecule has 0 spiro atoms. The number of aromatic nitrogens is 3. The van der Waals surface area contributed by atoms with Crippen LogP contribution in [-0.2, 0) is 4.79 Å². The number of ether oxygens (including phenoxy) is 1. The van der Waals surface area contributed by atoms with Crippen LogP contribution in [0, 0.1) is 18.3 Å². The van der Waals surface area contributed by atoms with Crippen molar-refractivity contribution < 1.29 is 9.53 Å². The van der Waals surface area contributed by atoms with Gasteiger partial charge in [0.1, 0.15) is 5.75 Å². The van der Waals surface area contributed by atoms with Gasteiger partial charge in [0.05, 0.1) is 24.5 Å². The first-order chi connectivity index (χ1) is 16.1. The van der Waals surface area contributed by atoms with Gasteiger partial charge in [0.15, 0.2) is 11.0 Å². The molecule has 0 unspecified atom stereocenters. The normalized spacial score (nSPS) is 10.5. The first-order valence-electron chi connectivity index (χ1n) is 10.2. The Bertz CT molecular complexity index is 1290. The maximum atomic E-state index is 12.5. The van der Waals surface area contributed by atoms with Crippen molar-refractivity contribution in [1.29, 1.82) is 5.26 Å². The van der Waals surface area contributed by atoms with Crippen molar-refractivity contribution in [3.05, 3.63) is 83.9 Å². The number of methoxy groups -OCH3 is 1. The number of rotatable bonds is 7. The van der Waals surface area contributed by atoms with Crippen molar-refractivity contribution in [3.8, 4) is 28.9 Å². The summed E-state index contributed by atoms with van der Waals surface area (Å²) in [7, 11) is 1.63. The fourth-order valence-corrected chi connectivity index (χ4v) is 3.92. The first kappa shape index (κ1) is 22.1. The highest BCUT2D eigenvalue weighted by molar-refractivity contribution is 7.99. The summed E-state index contributed by atoms with van der Waals surface area (Å²) in [6.07, 6.45) is 0. The van der Waals surface area contributed by atoms with Crippen LogP contribution in [0.3, 0.4) is 0 Å². The van der Waals surface area contributed by atoms with E-state index in [1.165, 1.54) is 11.8 Å². The predicted molar refractivity (Wildman–Crippen MR) is 129 cm³/mol. The van der Waals surface area contributed by atoms with Crippen LogP contribution < -0.4 is 10.1 Å². The number of benzene rings is 3. The summed E-state index contributed by atoms with van der Waals surface area (Å²) in [5, 5.41) is 21.1. The standard InChI is InChI=1S/C25H21N5O2S/c1-17-3-11-21(12-4-17)30-24(19-7-13-22(32-2)14-8-19)28-29-25(30)33-16-23(31)27-20-9-5-18(15-26)6-10-20/h3-14H,16H2,1-2H3,(H,27,31). The lowest BCUT2D eigenvalue weighted by Crippen LogP contribution is -2.14. The molecule has 0 bridgehead atoms. The van der Waals surface area contributed by atoms with Gasteiger partial charge >= 0.3 is 0 Å². The van der Waals surface area contributed by atoms with Crippen LogP contribution in [0.5, 0.6) is 5.75 Å². The van der Waals surface area contributed by atoms with Gasteiger partial charge in [-0.25, -0.2) is 0 Å². The van der Waals surface area contributed by atoms with Crippen molar-refractivity contribution in [2.24, 2.45) is 0 Å². The average Bonchev–Trinajstić information content (AvgIpc) is 3.27. The molecule has 1 N–H and O–H groups in total. The van der Waals surface area contributed by atoms with E-state index in [0.717, 1.165) is 22.6 Å². The van der Waals surface area contributed by atoms with Crippen LogP contribution in [0.15, 0.2) is 78.0 Å². The minimum Gasteiger partial charge on any atom is -0.497 e. The number of nitrogens with one attached hydrogen (secondary N) is 1. The van der Waals surface area contributed by atoms with E-state index in [1.54, 1.807) is 31.4 Å². The number of thioether (sulfide) groups is 1. The van der Waals surface area contributed by atoms with Crippen LogP contribution in [-0.4, -0.2) is 33.5 Å². The zero-order valence-electron chi connectivity index (χ0n) is 18.1. The molecule has 4 rings (SSSR count). The fraction of sp³-hybridized carbons (Fsp3) is 0.120. The third-order valence-corrected chi connectivity index (χ3v) is 5.83. The van der Waals surface area contributed by atoms with Crippen LogP contribution in [0.2, 0.25) is 0 Å². The quantitative estimate of drug-likeness (QED) is 0.400. The molecule has 33 heavy (non-hydrogen) atoms. The number of anilines is 1. The van der Waals surface area contributed by atoms with Crippen LogP contribution in [0.1, 0.15) is 11.1 Å². The molecule has 4 aromatic rings. The predicted octanol–water partition coefficient (Wildman–Crippen LogP) is 4.85. The minimum atomic E-state index is -0.172. The SMILES string of the molecule is COc1ccc(-c2nnc(SCC(=O)Nc3ccc(C#N)cc3)n2-c2ccc(C)cc2)cc1. The smallest absolute Gasteiger partial charge is 0.234 e. The monoisotopic (exact) mass is 455 g/mol. The maximum Gasteiger partial charge on any atom is 0.234 e. The number of nitriles is 1. The summed E-state index contributed by atoms with van der Waals surface area (Å²) in [5.74, 6) is 1.42. The second-order valence-corrected chi connectivity index (χ2v) is 8.17. The van der Waals surface area contributed by atoms with Gasteiger partial charge in [0, 0.05) is 16.9 Å². The van der Waals surface area contributed by atoms with Crippen LogP contribution in [0.4, 0.5) is 5.69 Å². The topological polar surface area (TPSA) is 92.8 Å². The second-order valence-electron chi connectivity index (χ2n) is 7.23. The lowest BCUT2D eigenvalue weighted by atomic mass is 10.2. The summed E-state index contributed by atoms with van der Waals surface area (Å²) in [6.45, 7) is 2.03. The zero-order valence-corrected chi connectivity index (χ0v) is 19.0. The van der Waals surface area contributed by atoms with E-state index >= 15 is 0 Å². The fourth-order valence-electron chi connectivity index (χ4n) is 3.17. The van der Waals surface area contributed by atoms with E-state index < -0.39 is 0 Å². The highest BCUT2D eigenvalue weighted by Crippen LogP contribution is 2.29. The molecule has 3 aromatic carbocycles. The molecule has 0 aliphatic carbocycles. The van der Waals surface area contributed by atoms with Gasteiger partial charge in [-0.2, -0.15) is 5.26 Å². The first-order valence-corrected chi connectivity index (χ1v) is 11.2. The molecule has 0 aliphatic rings. The van der Waals surface area contributed by atoms with Crippen molar-refractivity contribution in [3.63, 3.8) is 0 Å². The number of carbonyl (C=O) groups is 1. The molecule has 0 aliphatic heterocycles. The zero-order chi connectivity index (χ0) is 23.2. The molecule has 0 saturated carbocycles. The third-order valence-electron chi connectivity index (χ3n) is 4.90. The van der Waals surface area contributed by atoms with E-state index in [-0.39, 0.29) is 11.7 Å². The summed E-state index contributed by atoms with van der Waals surface area (Å²) in [5.41, 5.74) is 4.12. The lowest BCUT2D eigenvalue weighted by molar-refractivity contribution is -0.113. The summed E-state index contributed by atoms with van der Waals surface area (Å²) < 4.78 is 7.20. The van der Waals surface area contributed by atoms with Gasteiger partial charge < -0.3 is 10.1 Å². The molecule has 1 heterocycles. The number of hydrogen-bond donors (Lipinski definition) is 1. The molecule has 0 radical (unpaired) electrons. The Morgan fingerprint density at radius 3 is 2.36 bits per heavy atom. The highest BCUT2D eigenvalue weighted by Gasteiger charge is 2.17. The van der Waals surface area contributed by atoms with E-state index in [9.17, 15) is 4.79 Å². The Hall–Kier alpha value is -4.09. The Morgan fingerprint density at radius 2 is 1.73 bits per heavy atom. The summed E-state index contributed by atoms with van der Waals surface area (Å²) in [4.78, 5) is 12.5. The Balaban J connectivity index is 1.57. The lowest BCUT2D eigenvalue weighted by Gasteiger charge is -2.11. The third kappa shape index (κ3) is 5.22. The molecule has 8 heteroatoms. The Labute approximate surface area is 196 Å². The maximum absolute atomic E-state index is 12.5. The molecular weight excluding hydrogens is 434 g/mol. The van der Waals surface area contributed by atoms with E-state index in [4.69, 9.17) is 10.00 Å². The van der Waals surface area contributed by atoms with Crippen LogP contribution in [0.25, 0.3) is 17.1 Å². The van der Waals surface area contributed by atoms with E-state index in [2.05, 4.69) is 21.6 Å². The molecule has 1 amide bonds. The van der Waals surface area contributed by atoms with Crippen LogP contribution >= 0.6 is 11.8 Å². The molecular formula is C25H21N5O2S. The summed E-state index contributed by atoms with van der Waals surface area (Å²) in [6, 6.07) is 24.5. The number of hydrogen-bond acceptors (Lipinski definition) is 6. The molecule has 7 nitrogen and oxygen atoms in total. The largest absolute Gasteiger partial charge is 0.497 e. The second kappa shape index (κ2) is 10.0. The number of aryl methyl sites for hydroxylation is 1.